The fourth-order valence-corrected chi connectivity index (χ4v) is 3.53. The highest BCUT2D eigenvalue weighted by Crippen LogP contribution is 2.23. The quantitative estimate of drug-likeness (QED) is 0.616. The Bertz CT molecular complexity index is 1080. The van der Waals surface area contributed by atoms with Crippen molar-refractivity contribution in [2.24, 2.45) is 0 Å². The molecule has 3 aromatic rings. The molecule has 1 N–H and O–H groups in total. The first kappa shape index (κ1) is 20.6. The number of carbonyl (C=O) groups excluding carboxylic acids is 2. The van der Waals surface area contributed by atoms with Gasteiger partial charge in [0.2, 0.25) is 0 Å². The van der Waals surface area contributed by atoms with Crippen LogP contribution in [0.4, 0.5) is 13.9 Å². The van der Waals surface area contributed by atoms with Gasteiger partial charge in [-0.25, -0.2) is 18.4 Å². The average molecular weight is 420 g/mol. The van der Waals surface area contributed by atoms with Crippen LogP contribution in [0.1, 0.15) is 34.4 Å². The van der Waals surface area contributed by atoms with Gasteiger partial charge in [-0.1, -0.05) is 0 Å². The molecule has 2 aromatic heterocycles. The van der Waals surface area contributed by atoms with Crippen molar-refractivity contribution in [3.05, 3.63) is 57.9 Å². The number of carbonyl (C=O) groups is 2. The molecule has 0 aliphatic carbocycles. The zero-order chi connectivity index (χ0) is 21.1. The van der Waals surface area contributed by atoms with Crippen molar-refractivity contribution in [2.45, 2.75) is 27.2 Å². The summed E-state index contributed by atoms with van der Waals surface area (Å²) in [5, 5.41) is 8.85. The highest BCUT2D eigenvalue weighted by atomic mass is 32.1. The van der Waals surface area contributed by atoms with Crippen LogP contribution in [-0.2, 0) is 16.0 Å². The van der Waals surface area contributed by atoms with E-state index in [4.69, 9.17) is 4.74 Å². The number of rotatable bonds is 6. The number of amides is 1. The number of thiazole rings is 1. The summed E-state index contributed by atoms with van der Waals surface area (Å²) in [5.41, 5.74) is 1.56. The van der Waals surface area contributed by atoms with Gasteiger partial charge in [-0.3, -0.25) is 14.9 Å². The summed E-state index contributed by atoms with van der Waals surface area (Å²) < 4.78 is 33.4. The molecule has 0 fully saturated rings. The molecule has 0 radical (unpaired) electrons. The van der Waals surface area contributed by atoms with Gasteiger partial charge in [-0.15, -0.1) is 11.3 Å². The molecule has 0 bridgehead atoms. The van der Waals surface area contributed by atoms with E-state index in [2.05, 4.69) is 15.4 Å². The molecule has 3 rings (SSSR count). The molecule has 0 spiro atoms. The third kappa shape index (κ3) is 4.48. The van der Waals surface area contributed by atoms with Crippen molar-refractivity contribution < 1.29 is 23.1 Å². The summed E-state index contributed by atoms with van der Waals surface area (Å²) in [6, 6.07) is 3.13. The standard InChI is InChI=1S/C19H18F2N4O3S/c1-4-28-16(26)8-13-9-29-19(22-13)23-18(27)17-10(2)24-25(11(17)3)15-6-5-12(20)7-14(15)21/h5-7,9H,4,8H2,1-3H3,(H,22,23,27). The molecule has 0 atom stereocenters. The van der Waals surface area contributed by atoms with Gasteiger partial charge in [0.25, 0.3) is 5.91 Å². The van der Waals surface area contributed by atoms with Crippen LogP contribution in [0.15, 0.2) is 23.6 Å². The largest absolute Gasteiger partial charge is 0.466 e. The fourth-order valence-electron chi connectivity index (χ4n) is 2.82. The number of benzene rings is 1. The minimum Gasteiger partial charge on any atom is -0.466 e. The van der Waals surface area contributed by atoms with Gasteiger partial charge in [0.15, 0.2) is 10.9 Å². The number of hydrogen-bond acceptors (Lipinski definition) is 6. The van der Waals surface area contributed by atoms with Crippen molar-refractivity contribution in [3.8, 4) is 5.69 Å². The molecule has 152 valence electrons. The van der Waals surface area contributed by atoms with E-state index in [9.17, 15) is 18.4 Å². The van der Waals surface area contributed by atoms with Crippen LogP contribution >= 0.6 is 11.3 Å². The van der Waals surface area contributed by atoms with Crippen molar-refractivity contribution in [3.63, 3.8) is 0 Å². The lowest BCUT2D eigenvalue weighted by Gasteiger charge is -2.07. The second kappa shape index (κ2) is 8.48. The highest BCUT2D eigenvalue weighted by Gasteiger charge is 2.22. The molecule has 0 aliphatic rings. The Kier molecular flexibility index (Phi) is 6.02. The zero-order valence-corrected chi connectivity index (χ0v) is 16.8. The Labute approximate surface area is 169 Å². The maximum atomic E-state index is 14.1. The second-order valence-electron chi connectivity index (χ2n) is 6.13. The Morgan fingerprint density at radius 1 is 1.28 bits per heavy atom. The summed E-state index contributed by atoms with van der Waals surface area (Å²) >= 11 is 1.17. The second-order valence-corrected chi connectivity index (χ2v) is 6.99. The van der Waals surface area contributed by atoms with Crippen LogP contribution in [0.5, 0.6) is 0 Å². The van der Waals surface area contributed by atoms with Crippen molar-refractivity contribution >= 4 is 28.3 Å². The van der Waals surface area contributed by atoms with Crippen LogP contribution in [0.2, 0.25) is 0 Å². The summed E-state index contributed by atoms with van der Waals surface area (Å²) in [6.07, 6.45) is 0.0139. The van der Waals surface area contributed by atoms with E-state index in [0.717, 1.165) is 12.1 Å². The normalized spacial score (nSPS) is 10.8. The first-order valence-electron chi connectivity index (χ1n) is 8.73. The van der Waals surface area contributed by atoms with E-state index in [1.807, 2.05) is 0 Å². The molecule has 0 saturated heterocycles. The minimum atomic E-state index is -0.786. The first-order chi connectivity index (χ1) is 13.8. The lowest BCUT2D eigenvalue weighted by Crippen LogP contribution is -2.14. The van der Waals surface area contributed by atoms with E-state index in [1.54, 1.807) is 26.2 Å². The molecule has 10 heteroatoms. The van der Waals surface area contributed by atoms with E-state index < -0.39 is 23.5 Å². The van der Waals surface area contributed by atoms with E-state index >= 15 is 0 Å². The van der Waals surface area contributed by atoms with Gasteiger partial charge in [0, 0.05) is 11.4 Å². The van der Waals surface area contributed by atoms with E-state index in [1.165, 1.54) is 22.1 Å². The number of aryl methyl sites for hydroxylation is 1. The number of esters is 1. The van der Waals surface area contributed by atoms with Gasteiger partial charge in [-0.05, 0) is 32.9 Å². The number of nitrogens with one attached hydrogen (secondary N) is 1. The average Bonchev–Trinajstić information content (AvgIpc) is 3.18. The maximum absolute atomic E-state index is 14.1. The smallest absolute Gasteiger partial charge is 0.311 e. The molecular formula is C19H18F2N4O3S. The predicted molar refractivity (Wildman–Crippen MR) is 103 cm³/mol. The summed E-state index contributed by atoms with van der Waals surface area (Å²) in [5.74, 6) is -2.35. The number of aromatic nitrogens is 3. The number of hydrogen-bond donors (Lipinski definition) is 1. The topological polar surface area (TPSA) is 86.1 Å². The zero-order valence-electron chi connectivity index (χ0n) is 16.0. The van der Waals surface area contributed by atoms with Gasteiger partial charge < -0.3 is 4.74 Å². The summed E-state index contributed by atoms with van der Waals surface area (Å²) in [6.45, 7) is 5.23. The SMILES string of the molecule is CCOC(=O)Cc1csc(NC(=O)c2c(C)nn(-c3ccc(F)cc3F)c2C)n1. The molecule has 0 aliphatic heterocycles. The number of anilines is 1. The highest BCUT2D eigenvalue weighted by molar-refractivity contribution is 7.14. The Hall–Kier alpha value is -3.14. The van der Waals surface area contributed by atoms with Crippen molar-refractivity contribution in [1.29, 1.82) is 0 Å². The van der Waals surface area contributed by atoms with Crippen molar-refractivity contribution in [1.82, 2.24) is 14.8 Å². The van der Waals surface area contributed by atoms with Crippen LogP contribution in [0.3, 0.4) is 0 Å². The van der Waals surface area contributed by atoms with Crippen LogP contribution in [0, 0.1) is 25.5 Å². The van der Waals surface area contributed by atoms with E-state index in [0.29, 0.717) is 22.2 Å². The summed E-state index contributed by atoms with van der Waals surface area (Å²) in [7, 11) is 0. The lowest BCUT2D eigenvalue weighted by molar-refractivity contribution is -0.142. The Balaban J connectivity index is 1.81. The molecule has 2 heterocycles. The van der Waals surface area contributed by atoms with Crippen LogP contribution in [-0.4, -0.2) is 33.2 Å². The molecule has 0 saturated carbocycles. The van der Waals surface area contributed by atoms with Gasteiger partial charge >= 0.3 is 5.97 Å². The maximum Gasteiger partial charge on any atom is 0.311 e. The third-order valence-electron chi connectivity index (χ3n) is 4.06. The molecule has 1 aromatic carbocycles. The van der Waals surface area contributed by atoms with Gasteiger partial charge in [-0.2, -0.15) is 5.10 Å². The van der Waals surface area contributed by atoms with Crippen LogP contribution < -0.4 is 5.32 Å². The first-order valence-corrected chi connectivity index (χ1v) is 9.61. The number of halogens is 2. The molecule has 0 unspecified atom stereocenters. The third-order valence-corrected chi connectivity index (χ3v) is 4.87. The number of ether oxygens (including phenoxy) is 1. The fraction of sp³-hybridized carbons (Fsp3) is 0.263. The minimum absolute atomic E-state index is 0.0139. The molecule has 7 nitrogen and oxygen atoms in total. The monoisotopic (exact) mass is 420 g/mol. The number of nitrogens with zero attached hydrogens (tertiary/aromatic N) is 3. The van der Waals surface area contributed by atoms with Gasteiger partial charge in [0.1, 0.15) is 11.5 Å². The molecule has 1 amide bonds. The molecular weight excluding hydrogens is 402 g/mol. The van der Waals surface area contributed by atoms with Crippen LogP contribution in [0.25, 0.3) is 5.69 Å². The predicted octanol–water partition coefficient (Wildman–Crippen LogP) is 3.58. The lowest BCUT2D eigenvalue weighted by atomic mass is 10.2. The summed E-state index contributed by atoms with van der Waals surface area (Å²) in [4.78, 5) is 28.5. The Morgan fingerprint density at radius 3 is 2.72 bits per heavy atom. The van der Waals surface area contributed by atoms with E-state index in [-0.39, 0.29) is 24.3 Å². The van der Waals surface area contributed by atoms with Crippen molar-refractivity contribution in [2.75, 3.05) is 11.9 Å². The Morgan fingerprint density at radius 2 is 2.03 bits per heavy atom. The molecule has 29 heavy (non-hydrogen) atoms. The van der Waals surface area contributed by atoms with Gasteiger partial charge in [0.05, 0.1) is 35.7 Å².